The lowest BCUT2D eigenvalue weighted by atomic mass is 9.91. The molecule has 1 heterocycles. The second kappa shape index (κ2) is 10.4. The van der Waals surface area contributed by atoms with Gasteiger partial charge in [0, 0.05) is 26.2 Å². The summed E-state index contributed by atoms with van der Waals surface area (Å²) in [7, 11) is -3.40. The number of carbonyl (C=O) groups is 2. The molecule has 0 bridgehead atoms. The fraction of sp³-hybridized carbons (Fsp3) is 0.600. The van der Waals surface area contributed by atoms with Crippen LogP contribution >= 0.6 is 7.60 Å². The molecule has 2 N–H and O–H groups in total. The fourth-order valence-corrected chi connectivity index (χ4v) is 4.84. The van der Waals surface area contributed by atoms with E-state index in [2.05, 4.69) is 0 Å². The molecule has 1 saturated heterocycles. The summed E-state index contributed by atoms with van der Waals surface area (Å²) in [5.41, 5.74) is 5.72. The van der Waals surface area contributed by atoms with Gasteiger partial charge >= 0.3 is 13.7 Å². The van der Waals surface area contributed by atoms with E-state index in [1.807, 2.05) is 0 Å². The van der Waals surface area contributed by atoms with Gasteiger partial charge in [0.05, 0.1) is 25.1 Å². The maximum atomic E-state index is 13.1. The van der Waals surface area contributed by atoms with Crippen LogP contribution in [-0.4, -0.2) is 67.8 Å². The summed E-state index contributed by atoms with van der Waals surface area (Å²) >= 11 is 0. The maximum Gasteiger partial charge on any atom is 0.409 e. The van der Waals surface area contributed by atoms with Gasteiger partial charge in [-0.3, -0.25) is 9.36 Å². The summed E-state index contributed by atoms with van der Waals surface area (Å²) < 4.78 is 28.6. The average molecular weight is 441 g/mol. The summed E-state index contributed by atoms with van der Waals surface area (Å²) in [6.45, 7) is 9.27. The van der Waals surface area contributed by atoms with E-state index in [1.54, 1.807) is 61.8 Å². The Balaban J connectivity index is 2.10. The van der Waals surface area contributed by atoms with Crippen molar-refractivity contribution >= 4 is 24.9 Å². The molecule has 30 heavy (non-hydrogen) atoms. The first-order valence-corrected chi connectivity index (χ1v) is 11.7. The second-order valence-corrected chi connectivity index (χ2v) is 9.09. The van der Waals surface area contributed by atoms with Gasteiger partial charge in [0.1, 0.15) is 5.54 Å². The monoisotopic (exact) mass is 441 g/mol. The molecule has 0 aromatic heterocycles. The van der Waals surface area contributed by atoms with E-state index in [0.717, 1.165) is 0 Å². The topological polar surface area (TPSA) is 111 Å². The number of benzene rings is 1. The predicted octanol–water partition coefficient (Wildman–Crippen LogP) is 2.05. The van der Waals surface area contributed by atoms with Crippen molar-refractivity contribution in [1.82, 2.24) is 9.80 Å². The van der Waals surface area contributed by atoms with Crippen LogP contribution < -0.4 is 11.0 Å². The van der Waals surface area contributed by atoms with Crippen molar-refractivity contribution in [3.05, 3.63) is 29.8 Å². The van der Waals surface area contributed by atoms with E-state index in [0.29, 0.717) is 43.7 Å². The van der Waals surface area contributed by atoms with Gasteiger partial charge < -0.3 is 29.3 Å². The lowest BCUT2D eigenvalue weighted by Gasteiger charge is -2.38. The number of piperazine rings is 1. The van der Waals surface area contributed by atoms with Crippen molar-refractivity contribution in [2.24, 2.45) is 5.73 Å². The molecule has 1 aliphatic heterocycles. The number of hydrogen-bond acceptors (Lipinski definition) is 7. The summed E-state index contributed by atoms with van der Waals surface area (Å²) in [4.78, 5) is 28.1. The Kier molecular flexibility index (Phi) is 8.43. The zero-order chi connectivity index (χ0) is 22.4. The number of amides is 2. The SMILES string of the molecule is CCOC(=O)N1CCN(C(=O)[C@@](C)(N)c2ccc(P(=O)(OCC)OCC)cc2)CC1. The number of nitrogens with zero attached hydrogens (tertiary/aromatic N) is 2. The molecule has 1 aliphatic rings. The zero-order valence-corrected chi connectivity index (χ0v) is 19.0. The lowest BCUT2D eigenvalue weighted by molar-refractivity contribution is -0.138. The molecular weight excluding hydrogens is 409 g/mol. The van der Waals surface area contributed by atoms with E-state index < -0.39 is 13.1 Å². The number of rotatable bonds is 8. The largest absolute Gasteiger partial charge is 0.450 e. The third-order valence-corrected chi connectivity index (χ3v) is 7.05. The molecule has 9 nitrogen and oxygen atoms in total. The molecule has 1 fully saturated rings. The Hall–Kier alpha value is -1.93. The van der Waals surface area contributed by atoms with Gasteiger partial charge in [-0.15, -0.1) is 0 Å². The maximum absolute atomic E-state index is 13.1. The van der Waals surface area contributed by atoms with E-state index in [9.17, 15) is 14.2 Å². The number of carbonyl (C=O) groups excluding carboxylic acids is 2. The second-order valence-electron chi connectivity index (χ2n) is 7.06. The minimum absolute atomic E-state index is 0.239. The van der Waals surface area contributed by atoms with E-state index >= 15 is 0 Å². The minimum Gasteiger partial charge on any atom is -0.450 e. The molecule has 0 unspecified atom stereocenters. The molecule has 0 aliphatic carbocycles. The Labute approximate surface area is 178 Å². The van der Waals surface area contributed by atoms with Gasteiger partial charge in [0.15, 0.2) is 0 Å². The summed E-state index contributed by atoms with van der Waals surface area (Å²) in [6, 6.07) is 6.59. The summed E-state index contributed by atoms with van der Waals surface area (Å²) in [5, 5.41) is 0.418. The van der Waals surface area contributed by atoms with Crippen LogP contribution in [0.5, 0.6) is 0 Å². The molecular formula is C20H32N3O6P. The number of ether oxygens (including phenoxy) is 1. The molecule has 1 aromatic rings. The first-order chi connectivity index (χ1) is 14.2. The standard InChI is InChI=1S/C20H32N3O6P/c1-5-27-19(25)23-14-12-22(13-15-23)18(24)20(4,21)16-8-10-17(11-9-16)30(26,28-6-2)29-7-3/h8-11H,5-7,12-15,21H2,1-4H3/t20-/m0/s1. The quantitative estimate of drug-likeness (QED) is 0.615. The number of nitrogens with two attached hydrogens (primary N) is 1. The fourth-order valence-electron chi connectivity index (χ4n) is 3.28. The van der Waals surface area contributed by atoms with E-state index in [4.69, 9.17) is 19.5 Å². The van der Waals surface area contributed by atoms with Crippen LogP contribution in [0.1, 0.15) is 33.3 Å². The van der Waals surface area contributed by atoms with Crippen LogP contribution in [0.4, 0.5) is 4.79 Å². The van der Waals surface area contributed by atoms with Gasteiger partial charge in [-0.25, -0.2) is 4.79 Å². The summed E-state index contributed by atoms with van der Waals surface area (Å²) in [6.07, 6.45) is -0.372. The number of hydrogen-bond donors (Lipinski definition) is 1. The van der Waals surface area contributed by atoms with Crippen molar-refractivity contribution < 1.29 is 27.9 Å². The molecule has 0 radical (unpaired) electrons. The van der Waals surface area contributed by atoms with Crippen molar-refractivity contribution in [1.29, 1.82) is 0 Å². The van der Waals surface area contributed by atoms with E-state index in [1.165, 1.54) is 0 Å². The van der Waals surface area contributed by atoms with E-state index in [-0.39, 0.29) is 25.2 Å². The van der Waals surface area contributed by atoms with Crippen molar-refractivity contribution in [2.45, 2.75) is 33.2 Å². The Morgan fingerprint density at radius 3 is 1.93 bits per heavy atom. The third-order valence-electron chi connectivity index (χ3n) is 4.92. The van der Waals surface area contributed by atoms with Gasteiger partial charge in [-0.2, -0.15) is 0 Å². The molecule has 10 heteroatoms. The minimum atomic E-state index is -3.40. The molecule has 2 rings (SSSR count). The van der Waals surface area contributed by atoms with Crippen LogP contribution in [0.3, 0.4) is 0 Å². The van der Waals surface area contributed by atoms with Crippen LogP contribution in [0, 0.1) is 0 Å². The molecule has 0 spiro atoms. The Morgan fingerprint density at radius 1 is 0.967 bits per heavy atom. The molecule has 168 valence electrons. The first-order valence-electron chi connectivity index (χ1n) is 10.2. The normalized spacial score (nSPS) is 16.8. The molecule has 0 saturated carbocycles. The van der Waals surface area contributed by atoms with Crippen LogP contribution in [-0.2, 0) is 28.7 Å². The highest BCUT2D eigenvalue weighted by Gasteiger charge is 2.37. The van der Waals surface area contributed by atoms with Crippen molar-refractivity contribution in [3.63, 3.8) is 0 Å². The van der Waals surface area contributed by atoms with Crippen LogP contribution in [0.2, 0.25) is 0 Å². The molecule has 1 atom stereocenters. The van der Waals surface area contributed by atoms with Crippen LogP contribution in [0.25, 0.3) is 0 Å². The molecule has 2 amide bonds. The highest BCUT2D eigenvalue weighted by atomic mass is 31.2. The Bertz CT molecular complexity index is 765. The van der Waals surface area contributed by atoms with Crippen LogP contribution in [0.15, 0.2) is 24.3 Å². The third kappa shape index (κ3) is 5.40. The highest BCUT2D eigenvalue weighted by Crippen LogP contribution is 2.46. The smallest absolute Gasteiger partial charge is 0.409 e. The highest BCUT2D eigenvalue weighted by molar-refractivity contribution is 7.62. The Morgan fingerprint density at radius 2 is 1.47 bits per heavy atom. The van der Waals surface area contributed by atoms with Crippen molar-refractivity contribution in [2.75, 3.05) is 46.0 Å². The predicted molar refractivity (Wildman–Crippen MR) is 114 cm³/mol. The van der Waals surface area contributed by atoms with Gasteiger partial charge in [-0.1, -0.05) is 12.1 Å². The average Bonchev–Trinajstić information content (AvgIpc) is 2.74. The summed E-state index contributed by atoms with van der Waals surface area (Å²) in [5.74, 6) is -0.239. The van der Waals surface area contributed by atoms with Gasteiger partial charge in [0.2, 0.25) is 5.91 Å². The zero-order valence-electron chi connectivity index (χ0n) is 18.1. The molecule has 1 aromatic carbocycles. The van der Waals surface area contributed by atoms with Gasteiger partial charge in [-0.05, 0) is 45.4 Å². The first kappa shape index (κ1) is 24.3. The van der Waals surface area contributed by atoms with Crippen molar-refractivity contribution in [3.8, 4) is 0 Å². The lowest BCUT2D eigenvalue weighted by Crippen LogP contribution is -2.57. The van der Waals surface area contributed by atoms with Gasteiger partial charge in [0.25, 0.3) is 0 Å².